The van der Waals surface area contributed by atoms with Gasteiger partial charge in [-0.25, -0.2) is 9.13 Å². The summed E-state index contributed by atoms with van der Waals surface area (Å²) in [6.07, 6.45) is 82.3. The van der Waals surface area contributed by atoms with Crippen LogP contribution >= 0.6 is 15.6 Å². The Labute approximate surface area is 677 Å². The zero-order valence-electron chi connectivity index (χ0n) is 72.3. The Hall–Kier alpha value is -1.94. The van der Waals surface area contributed by atoms with Crippen LogP contribution in [0.5, 0.6) is 0 Å². The number of phosphoric ester groups is 2. The molecule has 0 aromatic rings. The fourth-order valence-electron chi connectivity index (χ4n) is 14.4. The number of hydrogen-bond acceptors (Lipinski definition) is 15. The Morgan fingerprint density at radius 2 is 0.364 bits per heavy atom. The van der Waals surface area contributed by atoms with Crippen molar-refractivity contribution in [2.24, 2.45) is 0 Å². The van der Waals surface area contributed by atoms with Crippen molar-refractivity contribution in [1.82, 2.24) is 0 Å². The molecule has 654 valence electrons. The molecule has 0 aliphatic rings. The number of phosphoric acid groups is 2. The standard InChI is InChI=1S/C91H178O17P2/c1-5-9-13-17-21-25-28-31-34-37-40-42-44-46-49-51-54-57-60-64-68-72-76-89(94)102-82-87(108-91(96)78-74-70-66-62-59-56-53-50-47-45-43-41-38-35-32-29-26-22-18-14-10-6-2)84-106-110(99,100)104-80-85(92)79-103-109(97,98)105-83-86(81-101-88(93)75-71-67-63-24-20-16-12-8-4)107-90(95)77-73-69-65-61-58-55-52-48-39-36-33-30-27-23-19-15-11-7-3/h85-87,92H,5-84H2,1-4H3,(H,97,98)(H,99,100)/t85-,86+,87+/m0/s1. The van der Waals surface area contributed by atoms with Crippen LogP contribution in [0.4, 0.5) is 0 Å². The summed E-state index contributed by atoms with van der Waals surface area (Å²) in [5.74, 6) is -2.10. The highest BCUT2D eigenvalue weighted by Gasteiger charge is 2.31. The third kappa shape index (κ3) is 84.0. The second-order valence-corrected chi connectivity index (χ2v) is 35.6. The Balaban J connectivity index is 5.16. The molecular weight excluding hydrogens is 1430 g/mol. The third-order valence-corrected chi connectivity index (χ3v) is 23.5. The largest absolute Gasteiger partial charge is 0.472 e. The minimum absolute atomic E-state index is 0.109. The zero-order valence-corrected chi connectivity index (χ0v) is 74.0. The lowest BCUT2D eigenvalue weighted by Gasteiger charge is -2.21. The molecule has 19 heteroatoms. The average Bonchev–Trinajstić information content (AvgIpc) is 0.898. The first kappa shape index (κ1) is 108. The molecule has 0 aromatic heterocycles. The predicted molar refractivity (Wildman–Crippen MR) is 455 cm³/mol. The Kier molecular flexibility index (Phi) is 83.5. The summed E-state index contributed by atoms with van der Waals surface area (Å²) in [6, 6.07) is 0. The second-order valence-electron chi connectivity index (χ2n) is 32.7. The van der Waals surface area contributed by atoms with Crippen LogP contribution in [0.25, 0.3) is 0 Å². The van der Waals surface area contributed by atoms with Crippen LogP contribution in [0, 0.1) is 0 Å². The number of aliphatic hydroxyl groups excluding tert-OH is 1. The summed E-state index contributed by atoms with van der Waals surface area (Å²) < 4.78 is 69.0. The third-order valence-electron chi connectivity index (χ3n) is 21.6. The van der Waals surface area contributed by atoms with E-state index >= 15 is 0 Å². The van der Waals surface area contributed by atoms with Gasteiger partial charge in [0.25, 0.3) is 0 Å². The molecule has 0 aromatic carbocycles. The van der Waals surface area contributed by atoms with Crippen LogP contribution in [0.1, 0.15) is 503 Å². The van der Waals surface area contributed by atoms with E-state index in [1.54, 1.807) is 0 Å². The van der Waals surface area contributed by atoms with E-state index in [2.05, 4.69) is 27.7 Å². The van der Waals surface area contributed by atoms with Crippen LogP contribution in [0.15, 0.2) is 0 Å². The molecule has 110 heavy (non-hydrogen) atoms. The van der Waals surface area contributed by atoms with Gasteiger partial charge in [-0.3, -0.25) is 37.3 Å². The monoisotopic (exact) mass is 1610 g/mol. The number of carbonyl (C=O) groups excluding carboxylic acids is 4. The molecule has 0 radical (unpaired) electrons. The highest BCUT2D eigenvalue weighted by atomic mass is 31.2. The number of ether oxygens (including phenoxy) is 4. The van der Waals surface area contributed by atoms with Crippen molar-refractivity contribution in [3.05, 3.63) is 0 Å². The van der Waals surface area contributed by atoms with Gasteiger partial charge in [0.2, 0.25) is 0 Å². The Morgan fingerprint density at radius 1 is 0.218 bits per heavy atom. The molecule has 0 amide bonds. The van der Waals surface area contributed by atoms with Gasteiger partial charge >= 0.3 is 39.5 Å². The highest BCUT2D eigenvalue weighted by molar-refractivity contribution is 7.47. The molecule has 0 aliphatic carbocycles. The fraction of sp³-hybridized carbons (Fsp3) is 0.956. The molecule has 0 saturated carbocycles. The highest BCUT2D eigenvalue weighted by Crippen LogP contribution is 2.45. The lowest BCUT2D eigenvalue weighted by atomic mass is 10.0. The number of hydrogen-bond donors (Lipinski definition) is 3. The smallest absolute Gasteiger partial charge is 0.462 e. The van der Waals surface area contributed by atoms with E-state index in [-0.39, 0.29) is 25.7 Å². The molecule has 3 N–H and O–H groups in total. The van der Waals surface area contributed by atoms with Gasteiger partial charge < -0.3 is 33.8 Å². The van der Waals surface area contributed by atoms with Gasteiger partial charge in [0.1, 0.15) is 19.3 Å². The van der Waals surface area contributed by atoms with Crippen molar-refractivity contribution >= 4 is 39.5 Å². The molecule has 17 nitrogen and oxygen atoms in total. The van der Waals surface area contributed by atoms with Crippen LogP contribution in [0.2, 0.25) is 0 Å². The molecule has 0 spiro atoms. The first-order valence-corrected chi connectivity index (χ1v) is 50.3. The molecule has 5 atom stereocenters. The fourth-order valence-corrected chi connectivity index (χ4v) is 16.0. The molecule has 0 fully saturated rings. The maximum absolute atomic E-state index is 13.2. The van der Waals surface area contributed by atoms with Gasteiger partial charge in [0, 0.05) is 25.7 Å². The van der Waals surface area contributed by atoms with Crippen LogP contribution in [-0.2, 0) is 65.4 Å². The van der Waals surface area contributed by atoms with Crippen LogP contribution in [0.3, 0.4) is 0 Å². The van der Waals surface area contributed by atoms with E-state index in [1.807, 2.05) is 0 Å². The van der Waals surface area contributed by atoms with E-state index in [4.69, 9.17) is 37.0 Å². The molecule has 0 rings (SSSR count). The second kappa shape index (κ2) is 85.0. The topological polar surface area (TPSA) is 237 Å². The Morgan fingerprint density at radius 3 is 0.536 bits per heavy atom. The normalized spacial score (nSPS) is 13.6. The number of rotatable bonds is 92. The maximum Gasteiger partial charge on any atom is 0.472 e. The lowest BCUT2D eigenvalue weighted by Crippen LogP contribution is -2.30. The van der Waals surface area contributed by atoms with E-state index in [1.165, 1.54) is 334 Å². The van der Waals surface area contributed by atoms with Crippen molar-refractivity contribution in [3.63, 3.8) is 0 Å². The van der Waals surface area contributed by atoms with Crippen molar-refractivity contribution in [3.8, 4) is 0 Å². The van der Waals surface area contributed by atoms with Crippen LogP contribution < -0.4 is 0 Å². The summed E-state index contributed by atoms with van der Waals surface area (Å²) in [5, 5.41) is 10.7. The molecule has 0 bridgehead atoms. The number of carbonyl (C=O) groups is 4. The zero-order chi connectivity index (χ0) is 80.3. The number of aliphatic hydroxyl groups is 1. The SMILES string of the molecule is CCCCCCCCCCCCCCCCCCCCCCCCC(=O)OC[C@H](COP(=O)(O)OC[C@@H](O)COP(=O)(O)OC[C@@H](COC(=O)CCCCCCCCCC)OC(=O)CCCCCCCCCCCCCCCCCCCC)OC(=O)CCCCCCCCCCCCCCCCCCCCCCCC. The van der Waals surface area contributed by atoms with Gasteiger partial charge in [-0.2, -0.15) is 0 Å². The van der Waals surface area contributed by atoms with Crippen molar-refractivity contribution < 1.29 is 80.2 Å². The van der Waals surface area contributed by atoms with Gasteiger partial charge in [-0.05, 0) is 25.7 Å². The van der Waals surface area contributed by atoms with E-state index < -0.39 is 97.5 Å². The number of unbranched alkanes of at least 4 members (excludes halogenated alkanes) is 66. The summed E-state index contributed by atoms with van der Waals surface area (Å²) in [6.45, 7) is 5.05. The summed E-state index contributed by atoms with van der Waals surface area (Å²) in [5.41, 5.74) is 0. The van der Waals surface area contributed by atoms with Gasteiger partial charge in [0.05, 0.1) is 26.4 Å². The minimum Gasteiger partial charge on any atom is -0.462 e. The van der Waals surface area contributed by atoms with E-state index in [0.717, 1.165) is 89.9 Å². The molecule has 0 heterocycles. The molecule has 2 unspecified atom stereocenters. The number of esters is 4. The quantitative estimate of drug-likeness (QED) is 0.0222. The summed E-state index contributed by atoms with van der Waals surface area (Å²) >= 11 is 0. The minimum atomic E-state index is -4.97. The van der Waals surface area contributed by atoms with Gasteiger partial charge in [0.15, 0.2) is 12.2 Å². The van der Waals surface area contributed by atoms with E-state index in [9.17, 15) is 43.2 Å². The lowest BCUT2D eigenvalue weighted by molar-refractivity contribution is -0.161. The molecule has 0 saturated heterocycles. The molecular formula is C91H178O17P2. The van der Waals surface area contributed by atoms with Crippen molar-refractivity contribution in [1.29, 1.82) is 0 Å². The van der Waals surface area contributed by atoms with Crippen molar-refractivity contribution in [2.75, 3.05) is 39.6 Å². The first-order chi connectivity index (χ1) is 53.7. The van der Waals surface area contributed by atoms with E-state index in [0.29, 0.717) is 25.7 Å². The summed E-state index contributed by atoms with van der Waals surface area (Å²) in [7, 11) is -9.93. The predicted octanol–water partition coefficient (Wildman–Crippen LogP) is 28.5. The van der Waals surface area contributed by atoms with Gasteiger partial charge in [-0.1, -0.05) is 451 Å². The Bertz CT molecular complexity index is 2070. The van der Waals surface area contributed by atoms with Crippen LogP contribution in [-0.4, -0.2) is 96.7 Å². The summed E-state index contributed by atoms with van der Waals surface area (Å²) in [4.78, 5) is 73.3. The van der Waals surface area contributed by atoms with Crippen molar-refractivity contribution in [2.45, 2.75) is 521 Å². The van der Waals surface area contributed by atoms with Gasteiger partial charge in [-0.15, -0.1) is 0 Å². The average molecular weight is 1610 g/mol. The molecule has 0 aliphatic heterocycles. The maximum atomic E-state index is 13.2. The first-order valence-electron chi connectivity index (χ1n) is 47.3.